The lowest BCUT2D eigenvalue weighted by molar-refractivity contribution is 0.00250. The van der Waals surface area contributed by atoms with Crippen molar-refractivity contribution < 1.29 is 23.1 Å². The van der Waals surface area contributed by atoms with Crippen molar-refractivity contribution in [1.82, 2.24) is 4.90 Å². The SMILES string of the molecule is CC(C)(C)OC(=O)N1[C@@H]2CC[C@H]1CC(C(=O)c1ccc(Br)c(F)c1F)C2. The molecule has 2 heterocycles. The van der Waals surface area contributed by atoms with Crippen LogP contribution in [0.15, 0.2) is 16.6 Å². The molecule has 3 rings (SSSR count). The summed E-state index contributed by atoms with van der Waals surface area (Å²) in [7, 11) is 0. The Bertz CT molecular complexity index is 733. The molecule has 3 atom stereocenters. The fourth-order valence-electron chi connectivity index (χ4n) is 3.94. The minimum atomic E-state index is -1.12. The van der Waals surface area contributed by atoms with Gasteiger partial charge < -0.3 is 9.64 Å². The zero-order chi connectivity index (χ0) is 19.2. The fraction of sp³-hybridized carbons (Fsp3) is 0.579. The van der Waals surface area contributed by atoms with E-state index in [-0.39, 0.29) is 28.2 Å². The van der Waals surface area contributed by atoms with Gasteiger partial charge in [0.25, 0.3) is 0 Å². The number of carbonyl (C=O) groups is 2. The van der Waals surface area contributed by atoms with E-state index in [4.69, 9.17) is 4.74 Å². The molecule has 26 heavy (non-hydrogen) atoms. The van der Waals surface area contributed by atoms with Crippen LogP contribution in [0.2, 0.25) is 0 Å². The summed E-state index contributed by atoms with van der Waals surface area (Å²) in [6.45, 7) is 5.44. The first kappa shape index (κ1) is 19.3. The minimum Gasteiger partial charge on any atom is -0.444 e. The Labute approximate surface area is 160 Å². The van der Waals surface area contributed by atoms with Crippen molar-refractivity contribution in [2.24, 2.45) is 5.92 Å². The van der Waals surface area contributed by atoms with Gasteiger partial charge in [0.05, 0.1) is 10.0 Å². The second-order valence-electron chi connectivity index (χ2n) is 8.03. The van der Waals surface area contributed by atoms with E-state index in [1.54, 1.807) is 4.90 Å². The summed E-state index contributed by atoms with van der Waals surface area (Å²) in [4.78, 5) is 26.9. The molecule has 4 nitrogen and oxygen atoms in total. The molecule has 7 heteroatoms. The number of amides is 1. The quantitative estimate of drug-likeness (QED) is 0.485. The number of ether oxygens (including phenoxy) is 1. The maximum Gasteiger partial charge on any atom is 0.410 e. The number of halogens is 3. The molecular weight excluding hydrogens is 408 g/mol. The van der Waals surface area contributed by atoms with Gasteiger partial charge in [0.15, 0.2) is 17.4 Å². The molecular formula is C19H22BrF2NO3. The molecule has 2 aliphatic heterocycles. The Kier molecular flexibility index (Phi) is 5.12. The number of carbonyl (C=O) groups excluding carboxylic acids is 2. The summed E-state index contributed by atoms with van der Waals surface area (Å²) in [5, 5.41) is 0. The van der Waals surface area contributed by atoms with Crippen LogP contribution >= 0.6 is 15.9 Å². The van der Waals surface area contributed by atoms with Crippen LogP contribution in [-0.4, -0.2) is 34.5 Å². The predicted molar refractivity (Wildman–Crippen MR) is 96.0 cm³/mol. The first-order chi connectivity index (χ1) is 12.1. The molecule has 2 saturated heterocycles. The molecule has 2 fully saturated rings. The number of nitrogens with zero attached hydrogens (tertiary/aromatic N) is 1. The molecule has 2 aliphatic rings. The van der Waals surface area contributed by atoms with Gasteiger partial charge in [0, 0.05) is 18.0 Å². The number of piperidine rings is 1. The van der Waals surface area contributed by atoms with Crippen LogP contribution in [-0.2, 0) is 4.74 Å². The first-order valence-electron chi connectivity index (χ1n) is 8.77. The van der Waals surface area contributed by atoms with Gasteiger partial charge in [-0.25, -0.2) is 13.6 Å². The number of hydrogen-bond donors (Lipinski definition) is 0. The Morgan fingerprint density at radius 1 is 1.12 bits per heavy atom. The van der Waals surface area contributed by atoms with Crippen molar-refractivity contribution in [1.29, 1.82) is 0 Å². The topological polar surface area (TPSA) is 46.6 Å². The molecule has 0 aromatic heterocycles. The van der Waals surface area contributed by atoms with E-state index in [1.807, 2.05) is 20.8 Å². The Hall–Kier alpha value is -1.50. The zero-order valence-electron chi connectivity index (χ0n) is 15.0. The van der Waals surface area contributed by atoms with Crippen LogP contribution in [0, 0.1) is 17.6 Å². The number of ketones is 1. The van der Waals surface area contributed by atoms with E-state index in [0.29, 0.717) is 12.8 Å². The third kappa shape index (κ3) is 3.63. The second-order valence-corrected chi connectivity index (χ2v) is 8.88. The molecule has 1 aromatic rings. The first-order valence-corrected chi connectivity index (χ1v) is 9.57. The van der Waals surface area contributed by atoms with Crippen LogP contribution in [0.25, 0.3) is 0 Å². The van der Waals surface area contributed by atoms with Gasteiger partial charge in [-0.15, -0.1) is 0 Å². The van der Waals surface area contributed by atoms with Crippen molar-refractivity contribution in [3.63, 3.8) is 0 Å². The van der Waals surface area contributed by atoms with Gasteiger partial charge >= 0.3 is 6.09 Å². The molecule has 1 aromatic carbocycles. The molecule has 142 valence electrons. The maximum atomic E-state index is 14.2. The smallest absolute Gasteiger partial charge is 0.410 e. The minimum absolute atomic E-state index is 0.00800. The Morgan fingerprint density at radius 2 is 1.69 bits per heavy atom. The lowest BCUT2D eigenvalue weighted by atomic mass is 9.84. The normalized spacial score (nSPS) is 25.3. The average Bonchev–Trinajstić information content (AvgIpc) is 2.81. The van der Waals surface area contributed by atoms with Gasteiger partial charge in [0.2, 0.25) is 0 Å². The number of fused-ring (bicyclic) bond motifs is 2. The summed E-state index contributed by atoms with van der Waals surface area (Å²) in [5.74, 6) is -2.98. The van der Waals surface area contributed by atoms with Gasteiger partial charge in [-0.1, -0.05) is 0 Å². The third-order valence-electron chi connectivity index (χ3n) is 5.01. The number of rotatable bonds is 2. The van der Waals surface area contributed by atoms with Gasteiger partial charge in [-0.3, -0.25) is 4.79 Å². The number of hydrogen-bond acceptors (Lipinski definition) is 3. The Morgan fingerprint density at radius 3 is 2.23 bits per heavy atom. The number of benzene rings is 1. The highest BCUT2D eigenvalue weighted by Crippen LogP contribution is 2.41. The summed E-state index contributed by atoms with van der Waals surface area (Å²) in [5.41, 5.74) is -0.804. The lowest BCUT2D eigenvalue weighted by Crippen LogP contribution is -2.49. The predicted octanol–water partition coefficient (Wildman–Crippen LogP) is 5.09. The monoisotopic (exact) mass is 429 g/mol. The van der Waals surface area contributed by atoms with Crippen LogP contribution < -0.4 is 0 Å². The lowest BCUT2D eigenvalue weighted by Gasteiger charge is -2.39. The van der Waals surface area contributed by atoms with Crippen molar-refractivity contribution in [3.05, 3.63) is 33.8 Å². The van der Waals surface area contributed by atoms with E-state index in [0.717, 1.165) is 12.8 Å². The Balaban J connectivity index is 1.76. The van der Waals surface area contributed by atoms with Crippen molar-refractivity contribution >= 4 is 27.8 Å². The number of Topliss-reactive ketones (excluding diaryl/α,β-unsaturated/α-hetero) is 1. The summed E-state index contributed by atoms with van der Waals surface area (Å²) >= 11 is 2.92. The molecule has 1 amide bonds. The highest BCUT2D eigenvalue weighted by molar-refractivity contribution is 9.10. The highest BCUT2D eigenvalue weighted by Gasteiger charge is 2.46. The summed E-state index contributed by atoms with van der Waals surface area (Å²) < 4.78 is 33.4. The molecule has 0 radical (unpaired) electrons. The van der Waals surface area contributed by atoms with Crippen LogP contribution in [0.3, 0.4) is 0 Å². The zero-order valence-corrected chi connectivity index (χ0v) is 16.6. The molecule has 0 saturated carbocycles. The average molecular weight is 430 g/mol. The fourth-order valence-corrected chi connectivity index (χ4v) is 4.25. The van der Waals surface area contributed by atoms with Gasteiger partial charge in [-0.05, 0) is 74.5 Å². The van der Waals surface area contributed by atoms with E-state index >= 15 is 0 Å². The maximum absolute atomic E-state index is 14.2. The van der Waals surface area contributed by atoms with Crippen LogP contribution in [0.5, 0.6) is 0 Å². The molecule has 0 N–H and O–H groups in total. The van der Waals surface area contributed by atoms with E-state index < -0.39 is 28.9 Å². The van der Waals surface area contributed by atoms with E-state index in [2.05, 4.69) is 15.9 Å². The molecule has 1 unspecified atom stereocenters. The van der Waals surface area contributed by atoms with Crippen LogP contribution in [0.1, 0.15) is 56.8 Å². The molecule has 2 bridgehead atoms. The molecule has 0 aliphatic carbocycles. The van der Waals surface area contributed by atoms with Gasteiger partial charge in [-0.2, -0.15) is 0 Å². The highest BCUT2D eigenvalue weighted by atomic mass is 79.9. The van der Waals surface area contributed by atoms with E-state index in [1.165, 1.54) is 12.1 Å². The van der Waals surface area contributed by atoms with Crippen molar-refractivity contribution in [3.8, 4) is 0 Å². The van der Waals surface area contributed by atoms with Crippen molar-refractivity contribution in [2.75, 3.05) is 0 Å². The summed E-state index contributed by atoms with van der Waals surface area (Å²) in [6, 6.07) is 2.46. The third-order valence-corrected chi connectivity index (χ3v) is 5.62. The van der Waals surface area contributed by atoms with E-state index in [9.17, 15) is 18.4 Å². The standard InChI is InChI=1S/C19H22BrF2NO3/c1-19(2,3)26-18(25)23-11-4-5-12(23)9-10(8-11)17(24)13-6-7-14(20)16(22)15(13)21/h6-7,10-12H,4-5,8-9H2,1-3H3/t10?,11-,12+. The molecule has 0 spiro atoms. The van der Waals surface area contributed by atoms with Crippen LogP contribution in [0.4, 0.5) is 13.6 Å². The second kappa shape index (κ2) is 6.91. The largest absolute Gasteiger partial charge is 0.444 e. The van der Waals surface area contributed by atoms with Crippen molar-refractivity contribution in [2.45, 2.75) is 64.1 Å². The van der Waals surface area contributed by atoms with Gasteiger partial charge in [0.1, 0.15) is 5.60 Å². The summed E-state index contributed by atoms with van der Waals surface area (Å²) in [6.07, 6.45) is 2.13.